The van der Waals surface area contributed by atoms with Crippen LogP contribution in [0.4, 0.5) is 4.79 Å². The number of rotatable bonds is 3. The molecule has 1 rings (SSSR count). The van der Waals surface area contributed by atoms with Crippen molar-refractivity contribution < 1.29 is 16.3 Å². The van der Waals surface area contributed by atoms with E-state index >= 15 is 0 Å². The van der Waals surface area contributed by atoms with Gasteiger partial charge in [-0.15, -0.1) is 0 Å². The van der Waals surface area contributed by atoms with Crippen molar-refractivity contribution in [3.63, 3.8) is 0 Å². The Hall–Kier alpha value is -0.901. The van der Waals surface area contributed by atoms with Gasteiger partial charge in [0.2, 0.25) is 0 Å². The van der Waals surface area contributed by atoms with E-state index in [0.29, 0.717) is 5.75 Å². The van der Waals surface area contributed by atoms with Gasteiger partial charge in [0.25, 0.3) is 0 Å². The number of hydrogen-bond donors (Lipinski definition) is 0. The van der Waals surface area contributed by atoms with Crippen LogP contribution in [0.3, 0.4) is 0 Å². The molecule has 1 atom stereocenters. The molecule has 13 heavy (non-hydrogen) atoms. The fourth-order valence-electron chi connectivity index (χ4n) is 0.625. The van der Waals surface area contributed by atoms with Crippen molar-refractivity contribution in [1.29, 1.82) is 0 Å². The Kier molecular flexibility index (Phi) is 3.89. The standard InChI is InChI=1S/C7H5ClO4Se/c8-7(9)12-13(10)11-6-4-2-1-3-5-6/h1-5H. The van der Waals surface area contributed by atoms with E-state index in [1.165, 1.54) is 0 Å². The molecule has 1 aromatic carbocycles. The molecule has 6 heteroatoms. The first-order valence-corrected chi connectivity index (χ1v) is 5.69. The predicted molar refractivity (Wildman–Crippen MR) is 45.8 cm³/mol. The molecule has 0 aliphatic heterocycles. The van der Waals surface area contributed by atoms with Crippen LogP contribution >= 0.6 is 11.6 Å². The van der Waals surface area contributed by atoms with E-state index in [-0.39, 0.29) is 0 Å². The Balaban J connectivity index is 2.50. The zero-order valence-corrected chi connectivity index (χ0v) is 8.77. The second kappa shape index (κ2) is 4.97. The van der Waals surface area contributed by atoms with Gasteiger partial charge in [0, 0.05) is 0 Å². The Labute approximate surface area is 84.1 Å². The Morgan fingerprint density at radius 2 is 1.92 bits per heavy atom. The van der Waals surface area contributed by atoms with Gasteiger partial charge in [-0.05, 0) is 0 Å². The van der Waals surface area contributed by atoms with Crippen LogP contribution in [0.15, 0.2) is 30.3 Å². The Morgan fingerprint density at radius 1 is 1.31 bits per heavy atom. The molecule has 1 unspecified atom stereocenters. The molecule has 1 aromatic rings. The van der Waals surface area contributed by atoms with E-state index in [1.54, 1.807) is 30.3 Å². The van der Waals surface area contributed by atoms with Crippen LogP contribution in [0.1, 0.15) is 0 Å². The molecule has 0 aliphatic rings. The monoisotopic (exact) mass is 268 g/mol. The summed E-state index contributed by atoms with van der Waals surface area (Å²) in [6.45, 7) is 0. The van der Waals surface area contributed by atoms with Crippen LogP contribution in [0, 0.1) is 0 Å². The zero-order valence-electron chi connectivity index (χ0n) is 6.31. The molecule has 0 aliphatic carbocycles. The van der Waals surface area contributed by atoms with Crippen molar-refractivity contribution in [2.75, 3.05) is 0 Å². The van der Waals surface area contributed by atoms with Crippen LogP contribution in [-0.4, -0.2) is 19.9 Å². The molecule has 0 heterocycles. The molecule has 0 N–H and O–H groups in total. The maximum absolute atomic E-state index is 10.9. The molecule has 0 bridgehead atoms. The van der Waals surface area contributed by atoms with Crippen molar-refractivity contribution in [3.05, 3.63) is 30.3 Å². The molecular weight excluding hydrogens is 262 g/mol. The van der Waals surface area contributed by atoms with Gasteiger partial charge >= 0.3 is 83.9 Å². The quantitative estimate of drug-likeness (QED) is 0.619. The first-order chi connectivity index (χ1) is 6.18. The van der Waals surface area contributed by atoms with Gasteiger partial charge in [-0.2, -0.15) is 0 Å². The van der Waals surface area contributed by atoms with Crippen molar-refractivity contribution >= 4 is 31.5 Å². The first-order valence-electron chi connectivity index (χ1n) is 3.21. The third kappa shape index (κ3) is 4.03. The molecule has 0 saturated carbocycles. The van der Waals surface area contributed by atoms with E-state index < -0.39 is 19.9 Å². The van der Waals surface area contributed by atoms with Gasteiger partial charge in [-0.1, -0.05) is 0 Å². The van der Waals surface area contributed by atoms with Crippen molar-refractivity contribution in [3.8, 4) is 5.75 Å². The van der Waals surface area contributed by atoms with Gasteiger partial charge in [-0.3, -0.25) is 0 Å². The summed E-state index contributed by atoms with van der Waals surface area (Å²) in [6.07, 6.45) is 0. The third-order valence-corrected chi connectivity index (χ3v) is 2.62. The molecule has 0 fully saturated rings. The normalized spacial score (nSPS) is 11.8. The molecule has 0 spiro atoms. The van der Waals surface area contributed by atoms with Crippen LogP contribution in [0.25, 0.3) is 0 Å². The minimum atomic E-state index is -3.09. The second-order valence-corrected chi connectivity index (χ2v) is 3.79. The van der Waals surface area contributed by atoms with E-state index in [9.17, 15) is 8.63 Å². The van der Waals surface area contributed by atoms with Crippen LogP contribution in [0.2, 0.25) is 0 Å². The summed E-state index contributed by atoms with van der Waals surface area (Å²) in [5.41, 5.74) is -1.13. The third-order valence-electron chi connectivity index (χ3n) is 1.04. The summed E-state index contributed by atoms with van der Waals surface area (Å²) in [6, 6.07) is 8.38. The molecule has 70 valence electrons. The fraction of sp³-hybridized carbons (Fsp3) is 0. The number of carbonyl (C=O) groups is 1. The van der Waals surface area contributed by atoms with Crippen LogP contribution in [-0.2, 0) is 7.65 Å². The number of benzene rings is 1. The number of carbonyl (C=O) groups excluding carboxylic acids is 1. The SMILES string of the molecule is O=C(Cl)O[Se](=O)Oc1ccccc1. The summed E-state index contributed by atoms with van der Waals surface area (Å²) in [5.74, 6) is 0.375. The van der Waals surface area contributed by atoms with Crippen molar-refractivity contribution in [2.24, 2.45) is 0 Å². The van der Waals surface area contributed by atoms with Crippen LogP contribution in [0.5, 0.6) is 5.75 Å². The van der Waals surface area contributed by atoms with E-state index in [0.717, 1.165) is 0 Å². The predicted octanol–water partition coefficient (Wildman–Crippen LogP) is 1.86. The number of para-hydroxylation sites is 1. The van der Waals surface area contributed by atoms with Gasteiger partial charge in [0.05, 0.1) is 0 Å². The summed E-state index contributed by atoms with van der Waals surface area (Å²) >= 11 is 1.74. The summed E-state index contributed by atoms with van der Waals surface area (Å²) in [4.78, 5) is 10.1. The summed E-state index contributed by atoms with van der Waals surface area (Å²) in [7, 11) is 0. The number of halogens is 1. The van der Waals surface area contributed by atoms with E-state index in [1.807, 2.05) is 0 Å². The summed E-state index contributed by atoms with van der Waals surface area (Å²) in [5, 5.41) is 0. The Bertz CT molecular complexity index is 314. The van der Waals surface area contributed by atoms with Crippen LogP contribution < -0.4 is 3.82 Å². The van der Waals surface area contributed by atoms with Gasteiger partial charge in [-0.25, -0.2) is 0 Å². The van der Waals surface area contributed by atoms with Crippen molar-refractivity contribution in [1.82, 2.24) is 0 Å². The van der Waals surface area contributed by atoms with Crippen molar-refractivity contribution in [2.45, 2.75) is 0 Å². The topological polar surface area (TPSA) is 52.6 Å². The van der Waals surface area contributed by atoms with E-state index in [4.69, 9.17) is 15.4 Å². The second-order valence-electron chi connectivity index (χ2n) is 1.92. The Morgan fingerprint density at radius 3 is 2.46 bits per heavy atom. The number of hydrogen-bond acceptors (Lipinski definition) is 4. The molecule has 0 amide bonds. The minimum absolute atomic E-state index is 0.375. The zero-order chi connectivity index (χ0) is 9.68. The average Bonchev–Trinajstić information content (AvgIpc) is 2.04. The van der Waals surface area contributed by atoms with E-state index in [2.05, 4.69) is 3.82 Å². The molecule has 4 nitrogen and oxygen atoms in total. The average molecular weight is 268 g/mol. The fourth-order valence-corrected chi connectivity index (χ4v) is 1.75. The molecule has 0 radical (unpaired) electrons. The maximum atomic E-state index is 10.9. The molecular formula is C7H5ClO4Se. The van der Waals surface area contributed by atoms with Gasteiger partial charge < -0.3 is 0 Å². The molecule has 0 aromatic heterocycles. The first kappa shape index (κ1) is 10.2. The summed E-state index contributed by atoms with van der Waals surface area (Å²) < 4.78 is 19.8. The van der Waals surface area contributed by atoms with Gasteiger partial charge in [0.15, 0.2) is 0 Å². The van der Waals surface area contributed by atoms with Gasteiger partial charge in [0.1, 0.15) is 0 Å². The molecule has 0 saturated heterocycles.